The highest BCUT2D eigenvalue weighted by molar-refractivity contribution is 7.89. The van der Waals surface area contributed by atoms with Crippen LogP contribution in [0.3, 0.4) is 0 Å². The van der Waals surface area contributed by atoms with Crippen molar-refractivity contribution in [1.82, 2.24) is 4.72 Å². The number of hydrogen-bond donors (Lipinski definition) is 1. The van der Waals surface area contributed by atoms with Gasteiger partial charge in [-0.15, -0.1) is 0 Å². The normalized spacial score (nSPS) is 11.3. The number of aldehydes is 1. The SMILES string of the molecule is O=CCCNS(=O)(=O)c1ccc(Cl)cc1. The second-order valence-electron chi connectivity index (χ2n) is 2.81. The van der Waals surface area contributed by atoms with Gasteiger partial charge in [0, 0.05) is 18.0 Å². The Kier molecular flexibility index (Phi) is 4.26. The maximum Gasteiger partial charge on any atom is 0.240 e. The van der Waals surface area contributed by atoms with Gasteiger partial charge in [0.15, 0.2) is 0 Å². The maximum absolute atomic E-state index is 11.5. The lowest BCUT2D eigenvalue weighted by Crippen LogP contribution is -2.24. The van der Waals surface area contributed by atoms with E-state index in [0.29, 0.717) is 11.3 Å². The van der Waals surface area contributed by atoms with Crippen molar-refractivity contribution in [3.63, 3.8) is 0 Å². The van der Waals surface area contributed by atoms with Crippen LogP contribution in [-0.2, 0) is 14.8 Å². The molecule has 0 saturated carbocycles. The largest absolute Gasteiger partial charge is 0.303 e. The molecule has 1 aromatic carbocycles. The van der Waals surface area contributed by atoms with Crippen LogP contribution in [0.25, 0.3) is 0 Å². The summed E-state index contributed by atoms with van der Waals surface area (Å²) in [7, 11) is -3.52. The summed E-state index contributed by atoms with van der Waals surface area (Å²) in [6.45, 7) is 0.106. The molecule has 0 aliphatic heterocycles. The highest BCUT2D eigenvalue weighted by Crippen LogP contribution is 2.13. The van der Waals surface area contributed by atoms with E-state index < -0.39 is 10.0 Å². The smallest absolute Gasteiger partial charge is 0.240 e. The molecule has 1 aromatic rings. The van der Waals surface area contributed by atoms with Gasteiger partial charge in [0.1, 0.15) is 6.29 Å². The molecular weight excluding hydrogens is 238 g/mol. The minimum absolute atomic E-state index is 0.106. The number of benzene rings is 1. The average Bonchev–Trinajstić information content (AvgIpc) is 2.18. The lowest BCUT2D eigenvalue weighted by atomic mass is 10.4. The van der Waals surface area contributed by atoms with Crippen LogP contribution in [0.15, 0.2) is 29.2 Å². The number of carbonyl (C=O) groups is 1. The molecule has 0 atom stereocenters. The number of nitrogens with one attached hydrogen (secondary N) is 1. The molecule has 1 N–H and O–H groups in total. The second-order valence-corrected chi connectivity index (χ2v) is 5.01. The van der Waals surface area contributed by atoms with E-state index >= 15 is 0 Å². The third kappa shape index (κ3) is 3.62. The molecule has 15 heavy (non-hydrogen) atoms. The molecule has 6 heteroatoms. The van der Waals surface area contributed by atoms with Gasteiger partial charge in [0.25, 0.3) is 0 Å². The number of rotatable bonds is 5. The van der Waals surface area contributed by atoms with E-state index in [2.05, 4.69) is 4.72 Å². The number of halogens is 1. The first-order valence-electron chi connectivity index (χ1n) is 4.25. The highest BCUT2D eigenvalue weighted by atomic mass is 35.5. The zero-order valence-corrected chi connectivity index (χ0v) is 9.38. The first-order chi connectivity index (χ1) is 7.06. The van der Waals surface area contributed by atoms with Gasteiger partial charge >= 0.3 is 0 Å². The van der Waals surface area contributed by atoms with Crippen molar-refractivity contribution < 1.29 is 13.2 Å². The van der Waals surface area contributed by atoms with Gasteiger partial charge in [0.05, 0.1) is 4.90 Å². The van der Waals surface area contributed by atoms with E-state index in [1.54, 1.807) is 0 Å². The Bertz CT molecular complexity index is 427. The minimum atomic E-state index is -3.52. The molecule has 0 heterocycles. The average molecular weight is 248 g/mol. The van der Waals surface area contributed by atoms with Crippen molar-refractivity contribution in [2.24, 2.45) is 0 Å². The number of carbonyl (C=O) groups excluding carboxylic acids is 1. The molecule has 0 aliphatic carbocycles. The fourth-order valence-corrected chi connectivity index (χ4v) is 2.12. The van der Waals surface area contributed by atoms with Crippen molar-refractivity contribution in [3.8, 4) is 0 Å². The summed E-state index contributed by atoms with van der Waals surface area (Å²) in [5.74, 6) is 0. The maximum atomic E-state index is 11.5. The van der Waals surface area contributed by atoms with E-state index in [4.69, 9.17) is 11.6 Å². The van der Waals surface area contributed by atoms with Gasteiger partial charge in [-0.2, -0.15) is 0 Å². The molecule has 0 bridgehead atoms. The lowest BCUT2D eigenvalue weighted by Gasteiger charge is -2.04. The molecule has 4 nitrogen and oxygen atoms in total. The van der Waals surface area contributed by atoms with E-state index in [0.717, 1.165) is 0 Å². The standard InChI is InChI=1S/C9H10ClNO3S/c10-8-2-4-9(5-3-8)15(13,14)11-6-1-7-12/h2-5,7,11H,1,6H2. The van der Waals surface area contributed by atoms with Gasteiger partial charge in [0.2, 0.25) is 10.0 Å². The van der Waals surface area contributed by atoms with E-state index in [1.165, 1.54) is 24.3 Å². The van der Waals surface area contributed by atoms with Gasteiger partial charge < -0.3 is 4.79 Å². The predicted molar refractivity (Wildman–Crippen MR) is 57.3 cm³/mol. The second kappa shape index (κ2) is 5.25. The van der Waals surface area contributed by atoms with Crippen molar-refractivity contribution >= 4 is 27.9 Å². The van der Waals surface area contributed by atoms with Crippen LogP contribution in [0, 0.1) is 0 Å². The Balaban J connectivity index is 2.77. The molecule has 0 saturated heterocycles. The molecule has 0 aromatic heterocycles. The van der Waals surface area contributed by atoms with Crippen LogP contribution < -0.4 is 4.72 Å². The molecule has 0 aliphatic rings. The Morgan fingerprint density at radius 2 is 1.87 bits per heavy atom. The fourth-order valence-electron chi connectivity index (χ4n) is 0.949. The fraction of sp³-hybridized carbons (Fsp3) is 0.222. The summed E-state index contributed by atoms with van der Waals surface area (Å²) in [5.41, 5.74) is 0. The first-order valence-corrected chi connectivity index (χ1v) is 6.11. The van der Waals surface area contributed by atoms with E-state index in [9.17, 15) is 13.2 Å². The van der Waals surface area contributed by atoms with Crippen LogP contribution in [0.4, 0.5) is 0 Å². The minimum Gasteiger partial charge on any atom is -0.303 e. The monoisotopic (exact) mass is 247 g/mol. The van der Waals surface area contributed by atoms with Crippen molar-refractivity contribution in [3.05, 3.63) is 29.3 Å². The van der Waals surface area contributed by atoms with Gasteiger partial charge in [-0.3, -0.25) is 0 Å². The van der Waals surface area contributed by atoms with Crippen LogP contribution in [0.2, 0.25) is 5.02 Å². The van der Waals surface area contributed by atoms with E-state index in [-0.39, 0.29) is 17.9 Å². The summed E-state index contributed by atoms with van der Waals surface area (Å²) in [4.78, 5) is 10.2. The Hall–Kier alpha value is -0.910. The number of hydrogen-bond acceptors (Lipinski definition) is 3. The van der Waals surface area contributed by atoms with E-state index in [1.807, 2.05) is 0 Å². The molecule has 0 spiro atoms. The summed E-state index contributed by atoms with van der Waals surface area (Å²) >= 11 is 5.63. The van der Waals surface area contributed by atoms with Gasteiger partial charge in [-0.1, -0.05) is 11.6 Å². The van der Waals surface area contributed by atoms with Gasteiger partial charge in [-0.05, 0) is 24.3 Å². The van der Waals surface area contributed by atoms with Crippen molar-refractivity contribution in [2.75, 3.05) is 6.54 Å². The molecule has 0 radical (unpaired) electrons. The predicted octanol–water partition coefficient (Wildman–Crippen LogP) is 1.21. The Morgan fingerprint density at radius 1 is 1.27 bits per heavy atom. The van der Waals surface area contributed by atoms with Crippen LogP contribution in [0.5, 0.6) is 0 Å². The third-order valence-electron chi connectivity index (χ3n) is 1.68. The highest BCUT2D eigenvalue weighted by Gasteiger charge is 2.12. The summed E-state index contributed by atoms with van der Waals surface area (Å²) in [6, 6.07) is 5.81. The molecule has 0 unspecified atom stereocenters. The molecule has 0 amide bonds. The summed E-state index contributed by atoms with van der Waals surface area (Å²) < 4.78 is 25.4. The third-order valence-corrected chi connectivity index (χ3v) is 3.41. The van der Waals surface area contributed by atoms with Gasteiger partial charge in [-0.25, -0.2) is 13.1 Å². The lowest BCUT2D eigenvalue weighted by molar-refractivity contribution is -0.107. The summed E-state index contributed by atoms with van der Waals surface area (Å²) in [6.07, 6.45) is 0.817. The van der Waals surface area contributed by atoms with Crippen molar-refractivity contribution in [2.45, 2.75) is 11.3 Å². The Labute approximate surface area is 93.3 Å². The Morgan fingerprint density at radius 3 is 2.40 bits per heavy atom. The topological polar surface area (TPSA) is 63.2 Å². The molecule has 1 rings (SSSR count). The van der Waals surface area contributed by atoms with Crippen molar-refractivity contribution in [1.29, 1.82) is 0 Å². The number of sulfonamides is 1. The van der Waals surface area contributed by atoms with Crippen LogP contribution in [-0.4, -0.2) is 21.2 Å². The zero-order chi connectivity index (χ0) is 11.3. The van der Waals surface area contributed by atoms with Crippen LogP contribution in [0.1, 0.15) is 6.42 Å². The summed E-state index contributed by atoms with van der Waals surface area (Å²) in [5, 5.41) is 0.474. The molecule has 82 valence electrons. The zero-order valence-electron chi connectivity index (χ0n) is 7.81. The first kappa shape index (κ1) is 12.2. The van der Waals surface area contributed by atoms with Crippen LogP contribution >= 0.6 is 11.6 Å². The quantitative estimate of drug-likeness (QED) is 0.628. The molecule has 0 fully saturated rings. The molecular formula is C9H10ClNO3S.